The van der Waals surface area contributed by atoms with Crippen molar-refractivity contribution in [1.29, 1.82) is 0 Å². The highest BCUT2D eigenvalue weighted by Crippen LogP contribution is 2.06. The van der Waals surface area contributed by atoms with E-state index in [-0.39, 0.29) is 11.9 Å². The second-order valence-corrected chi connectivity index (χ2v) is 2.68. The molecule has 0 aromatic rings. The molecule has 0 aromatic carbocycles. The lowest BCUT2D eigenvalue weighted by atomic mass is 10.0. The quantitative estimate of drug-likeness (QED) is 0.582. The van der Waals surface area contributed by atoms with E-state index in [9.17, 15) is 4.79 Å². The molecule has 0 aliphatic rings. The molecule has 0 fully saturated rings. The van der Waals surface area contributed by atoms with Gasteiger partial charge in [-0.1, -0.05) is 0 Å². The molecule has 0 aromatic heterocycles. The van der Waals surface area contributed by atoms with E-state index in [0.717, 1.165) is 5.57 Å². The SMILES string of the molecule is CNC(C)C(C)=C(C)C(N)=O. The van der Waals surface area contributed by atoms with Crippen molar-refractivity contribution < 1.29 is 4.79 Å². The molecule has 64 valence electrons. The first-order chi connectivity index (χ1) is 5.00. The minimum atomic E-state index is -0.343. The van der Waals surface area contributed by atoms with Gasteiger partial charge in [-0.2, -0.15) is 0 Å². The van der Waals surface area contributed by atoms with Gasteiger partial charge in [0, 0.05) is 11.6 Å². The number of primary amides is 1. The van der Waals surface area contributed by atoms with Crippen LogP contribution in [0.3, 0.4) is 0 Å². The van der Waals surface area contributed by atoms with Crippen LogP contribution in [0.2, 0.25) is 0 Å². The van der Waals surface area contributed by atoms with Crippen molar-refractivity contribution in [3.05, 3.63) is 11.1 Å². The first-order valence-electron chi connectivity index (χ1n) is 3.65. The summed E-state index contributed by atoms with van der Waals surface area (Å²) < 4.78 is 0. The van der Waals surface area contributed by atoms with Crippen LogP contribution in [0.15, 0.2) is 11.1 Å². The van der Waals surface area contributed by atoms with Crippen LogP contribution < -0.4 is 11.1 Å². The molecule has 0 aliphatic carbocycles. The normalized spacial score (nSPS) is 15.6. The highest BCUT2D eigenvalue weighted by Gasteiger charge is 2.07. The number of nitrogens with two attached hydrogens (primary N) is 1. The summed E-state index contributed by atoms with van der Waals surface area (Å²) in [4.78, 5) is 10.7. The Morgan fingerprint density at radius 2 is 1.91 bits per heavy atom. The number of hydrogen-bond acceptors (Lipinski definition) is 2. The number of likely N-dealkylation sites (N-methyl/N-ethyl adjacent to an activating group) is 1. The molecule has 0 rings (SSSR count). The van der Waals surface area contributed by atoms with E-state index < -0.39 is 0 Å². The van der Waals surface area contributed by atoms with Crippen LogP contribution in [0.25, 0.3) is 0 Å². The van der Waals surface area contributed by atoms with Crippen LogP contribution in [0, 0.1) is 0 Å². The number of nitrogens with one attached hydrogen (secondary N) is 1. The molecule has 1 amide bonds. The summed E-state index contributed by atoms with van der Waals surface area (Å²) in [6, 6.07) is 0.211. The van der Waals surface area contributed by atoms with Gasteiger partial charge in [0.05, 0.1) is 0 Å². The summed E-state index contributed by atoms with van der Waals surface area (Å²) in [7, 11) is 1.85. The van der Waals surface area contributed by atoms with Crippen LogP contribution in [-0.4, -0.2) is 19.0 Å². The molecule has 11 heavy (non-hydrogen) atoms. The van der Waals surface area contributed by atoms with E-state index in [4.69, 9.17) is 5.73 Å². The molecule has 0 bridgehead atoms. The van der Waals surface area contributed by atoms with Gasteiger partial charge in [0.25, 0.3) is 0 Å². The maximum Gasteiger partial charge on any atom is 0.244 e. The molecule has 0 spiro atoms. The Kier molecular flexibility index (Phi) is 3.82. The lowest BCUT2D eigenvalue weighted by Gasteiger charge is -2.12. The predicted octanol–water partition coefficient (Wildman–Crippen LogP) is 0.416. The van der Waals surface area contributed by atoms with Gasteiger partial charge in [-0.25, -0.2) is 0 Å². The fourth-order valence-electron chi connectivity index (χ4n) is 0.736. The zero-order valence-electron chi connectivity index (χ0n) is 7.56. The Bertz CT molecular complexity index is 185. The molecule has 1 atom stereocenters. The van der Waals surface area contributed by atoms with Crippen molar-refractivity contribution in [2.24, 2.45) is 5.73 Å². The second-order valence-electron chi connectivity index (χ2n) is 2.68. The summed E-state index contributed by atoms with van der Waals surface area (Å²) in [5.74, 6) is -0.343. The van der Waals surface area contributed by atoms with E-state index in [1.807, 2.05) is 20.9 Å². The van der Waals surface area contributed by atoms with Crippen molar-refractivity contribution in [3.63, 3.8) is 0 Å². The van der Waals surface area contributed by atoms with Gasteiger partial charge in [-0.15, -0.1) is 0 Å². The Morgan fingerprint density at radius 3 is 2.18 bits per heavy atom. The van der Waals surface area contributed by atoms with E-state index >= 15 is 0 Å². The molecule has 0 heterocycles. The summed E-state index contributed by atoms with van der Waals surface area (Å²) >= 11 is 0. The Hall–Kier alpha value is -0.830. The Balaban J connectivity index is 4.51. The Labute approximate surface area is 67.7 Å². The smallest absolute Gasteiger partial charge is 0.244 e. The second kappa shape index (κ2) is 4.13. The number of hydrogen-bond donors (Lipinski definition) is 2. The van der Waals surface area contributed by atoms with E-state index in [0.29, 0.717) is 5.57 Å². The van der Waals surface area contributed by atoms with Crippen molar-refractivity contribution in [1.82, 2.24) is 5.32 Å². The number of carbonyl (C=O) groups is 1. The van der Waals surface area contributed by atoms with Crippen LogP contribution in [0.5, 0.6) is 0 Å². The van der Waals surface area contributed by atoms with Crippen molar-refractivity contribution >= 4 is 5.91 Å². The molecule has 1 unspecified atom stereocenters. The lowest BCUT2D eigenvalue weighted by Crippen LogP contribution is -2.25. The maximum atomic E-state index is 10.7. The fourth-order valence-corrected chi connectivity index (χ4v) is 0.736. The molecule has 0 saturated carbocycles. The van der Waals surface area contributed by atoms with E-state index in [2.05, 4.69) is 5.32 Å². The minimum absolute atomic E-state index is 0.211. The predicted molar refractivity (Wildman–Crippen MR) is 46.1 cm³/mol. The summed E-state index contributed by atoms with van der Waals surface area (Å²) in [6.45, 7) is 5.63. The summed E-state index contributed by atoms with van der Waals surface area (Å²) in [5, 5.41) is 3.03. The van der Waals surface area contributed by atoms with Crippen molar-refractivity contribution in [2.45, 2.75) is 26.8 Å². The molecule has 3 heteroatoms. The van der Waals surface area contributed by atoms with Crippen molar-refractivity contribution in [3.8, 4) is 0 Å². The number of rotatable bonds is 3. The van der Waals surface area contributed by atoms with Gasteiger partial charge >= 0.3 is 0 Å². The third kappa shape index (κ3) is 2.72. The zero-order chi connectivity index (χ0) is 9.02. The average molecular weight is 156 g/mol. The first kappa shape index (κ1) is 10.2. The zero-order valence-corrected chi connectivity index (χ0v) is 7.56. The lowest BCUT2D eigenvalue weighted by molar-refractivity contribution is -0.114. The van der Waals surface area contributed by atoms with Crippen LogP contribution in [0.4, 0.5) is 0 Å². The van der Waals surface area contributed by atoms with Gasteiger partial charge in [0.1, 0.15) is 0 Å². The highest BCUT2D eigenvalue weighted by molar-refractivity contribution is 5.92. The van der Waals surface area contributed by atoms with Gasteiger partial charge in [0.2, 0.25) is 5.91 Å². The number of amides is 1. The maximum absolute atomic E-state index is 10.7. The standard InChI is InChI=1S/C8H16N2O/c1-5(7(3)10-4)6(2)8(9)11/h7,10H,1-4H3,(H2,9,11). The van der Waals surface area contributed by atoms with Gasteiger partial charge < -0.3 is 11.1 Å². The van der Waals surface area contributed by atoms with Gasteiger partial charge in [-0.05, 0) is 33.4 Å². The third-order valence-corrected chi connectivity index (χ3v) is 2.04. The molecular weight excluding hydrogens is 140 g/mol. The van der Waals surface area contributed by atoms with Gasteiger partial charge in [-0.3, -0.25) is 4.79 Å². The van der Waals surface area contributed by atoms with Gasteiger partial charge in [0.15, 0.2) is 0 Å². The van der Waals surface area contributed by atoms with Crippen molar-refractivity contribution in [2.75, 3.05) is 7.05 Å². The third-order valence-electron chi connectivity index (χ3n) is 2.04. The number of carbonyl (C=O) groups excluding carboxylic acids is 1. The fraction of sp³-hybridized carbons (Fsp3) is 0.625. The van der Waals surface area contributed by atoms with Crippen LogP contribution >= 0.6 is 0 Å². The molecule has 3 N–H and O–H groups in total. The average Bonchev–Trinajstić information content (AvgIpc) is 2.00. The topological polar surface area (TPSA) is 55.1 Å². The molecule has 0 radical (unpaired) electrons. The molecular formula is C8H16N2O. The first-order valence-corrected chi connectivity index (χ1v) is 3.65. The molecule has 0 aliphatic heterocycles. The summed E-state index contributed by atoms with van der Waals surface area (Å²) in [5.41, 5.74) is 6.75. The van der Waals surface area contributed by atoms with Crippen LogP contribution in [-0.2, 0) is 4.79 Å². The largest absolute Gasteiger partial charge is 0.366 e. The molecule has 3 nitrogen and oxygen atoms in total. The van der Waals surface area contributed by atoms with E-state index in [1.54, 1.807) is 6.92 Å². The van der Waals surface area contributed by atoms with Crippen LogP contribution in [0.1, 0.15) is 20.8 Å². The summed E-state index contributed by atoms with van der Waals surface area (Å²) in [6.07, 6.45) is 0. The Morgan fingerprint density at radius 1 is 1.45 bits per heavy atom. The monoisotopic (exact) mass is 156 g/mol. The van der Waals surface area contributed by atoms with E-state index in [1.165, 1.54) is 0 Å². The highest BCUT2D eigenvalue weighted by atomic mass is 16.1. The minimum Gasteiger partial charge on any atom is -0.366 e. The molecule has 0 saturated heterocycles.